The number of ether oxygens (including phenoxy) is 10. The van der Waals surface area contributed by atoms with Gasteiger partial charge in [-0.3, -0.25) is 0 Å². The van der Waals surface area contributed by atoms with Gasteiger partial charge in [0.25, 0.3) is 0 Å². The lowest BCUT2D eigenvalue weighted by Crippen LogP contribution is -2.64. The van der Waals surface area contributed by atoms with Crippen LogP contribution in [0.15, 0.2) is 241 Å². The molecule has 0 N–H and O–H groups in total. The molecule has 8 aromatic rings. The molecule has 15 heteroatoms. The molecule has 0 radical (unpaired) electrons. The predicted octanol–water partition coefficient (Wildman–Crippen LogP) is 11.8. The fourth-order valence-corrected chi connectivity index (χ4v) is 10.7. The van der Waals surface area contributed by atoms with E-state index >= 15 is 0 Å². The molecule has 2 aliphatic rings. The Balaban J connectivity index is 1.06. The van der Waals surface area contributed by atoms with Gasteiger partial charge in [0.2, 0.25) is 0 Å². The minimum absolute atomic E-state index is 0.135. The molecule has 10 atom stereocenters. The summed E-state index contributed by atoms with van der Waals surface area (Å²) in [6.07, 6.45) is -11.4. The first-order valence-corrected chi connectivity index (χ1v) is 28.2. The Labute approximate surface area is 486 Å². The summed E-state index contributed by atoms with van der Waals surface area (Å²) in [6, 6.07) is 70.3. The van der Waals surface area contributed by atoms with Gasteiger partial charge in [0.15, 0.2) is 24.6 Å². The van der Waals surface area contributed by atoms with E-state index < -0.39 is 91.0 Å². The van der Waals surface area contributed by atoms with Gasteiger partial charge < -0.3 is 47.4 Å². The van der Waals surface area contributed by atoms with Gasteiger partial charge in [-0.15, -0.1) is 0 Å². The van der Waals surface area contributed by atoms with Crippen LogP contribution in [-0.4, -0.2) is 97.6 Å². The van der Waals surface area contributed by atoms with E-state index in [0.29, 0.717) is 0 Å². The van der Waals surface area contributed by atoms with E-state index in [2.05, 4.69) is 0 Å². The van der Waals surface area contributed by atoms with Gasteiger partial charge in [-0.2, -0.15) is 0 Å². The third kappa shape index (κ3) is 15.9. The molecule has 0 amide bonds. The van der Waals surface area contributed by atoms with E-state index in [0.717, 1.165) is 27.1 Å². The van der Waals surface area contributed by atoms with Crippen LogP contribution in [-0.2, 0) is 67.2 Å². The lowest BCUT2D eigenvalue weighted by molar-refractivity contribution is -0.313. The van der Waals surface area contributed by atoms with Gasteiger partial charge in [-0.1, -0.05) is 193 Å². The van der Waals surface area contributed by atoms with Crippen LogP contribution in [0.2, 0.25) is 0 Å². The summed E-state index contributed by atoms with van der Waals surface area (Å²) in [4.78, 5) is 57.9. The summed E-state index contributed by atoms with van der Waals surface area (Å²) in [5.74, 6) is -3.23. The monoisotopic (exact) mass is 1130 g/mol. The average Bonchev–Trinajstić information content (AvgIpc) is 3.61. The standard InChI is InChI=1S/C68H62O14S/c1-46-37-39-54(40-38-46)83-68-62(75-43-49-27-13-4-14-28-49)59(74-42-48-25-11-3-12-26-48)57(73-41-47-23-9-2-10-24-47)55(79-68)45-77-67-61(82-66(72)53-35-21-8-22-36-53)60(81-65(71)52-33-19-7-20-34-52)58(80-64(70)51-31-17-6-18-32-51)56(78-67)44-76-63(69)50-29-15-5-16-30-50/h2-40,55-62,67-68H,41-45H2,1H3/t55-,56-,57-,58+,59+,60+,61-,62-,67-,68+/m1/s1. The number of hydrogen-bond donors (Lipinski definition) is 0. The van der Waals surface area contributed by atoms with Crippen molar-refractivity contribution in [1.82, 2.24) is 0 Å². The molecule has 0 aromatic heterocycles. The van der Waals surface area contributed by atoms with Crippen LogP contribution < -0.4 is 0 Å². The highest BCUT2D eigenvalue weighted by molar-refractivity contribution is 7.99. The van der Waals surface area contributed by atoms with Crippen LogP contribution in [0.5, 0.6) is 0 Å². The fourth-order valence-electron chi connectivity index (χ4n) is 9.58. The fraction of sp³-hybridized carbons (Fsp3) is 0.235. The summed E-state index contributed by atoms with van der Waals surface area (Å²) in [7, 11) is 0. The Morgan fingerprint density at radius 3 is 1.19 bits per heavy atom. The van der Waals surface area contributed by atoms with E-state index in [4.69, 9.17) is 47.4 Å². The first-order valence-electron chi connectivity index (χ1n) is 27.3. The Morgan fingerprint density at radius 2 is 0.735 bits per heavy atom. The molecule has 8 aromatic carbocycles. The van der Waals surface area contributed by atoms with Crippen LogP contribution in [0, 0.1) is 6.92 Å². The average molecular weight is 1140 g/mol. The van der Waals surface area contributed by atoms with Crippen LogP contribution in [0.25, 0.3) is 0 Å². The maximum absolute atomic E-state index is 14.5. The number of carbonyl (C=O) groups excluding carboxylic acids is 4. The molecule has 0 saturated carbocycles. The zero-order valence-corrected chi connectivity index (χ0v) is 46.3. The smallest absolute Gasteiger partial charge is 0.338 e. The number of esters is 4. The summed E-state index contributed by atoms with van der Waals surface area (Å²) in [6.45, 7) is 1.68. The Morgan fingerprint density at radius 1 is 0.361 bits per heavy atom. The summed E-state index contributed by atoms with van der Waals surface area (Å²) in [5.41, 5.74) is 3.73. The molecule has 424 valence electrons. The highest BCUT2D eigenvalue weighted by atomic mass is 32.2. The number of thioether (sulfide) groups is 1. The molecule has 14 nitrogen and oxygen atoms in total. The summed E-state index contributed by atoms with van der Waals surface area (Å²) in [5, 5.41) is 0. The third-order valence-electron chi connectivity index (χ3n) is 13.9. The van der Waals surface area contributed by atoms with Crippen molar-refractivity contribution in [1.29, 1.82) is 0 Å². The van der Waals surface area contributed by atoms with Crippen molar-refractivity contribution in [3.63, 3.8) is 0 Å². The van der Waals surface area contributed by atoms with Crippen molar-refractivity contribution < 1.29 is 66.5 Å². The number of aryl methyl sites for hydroxylation is 1. The van der Waals surface area contributed by atoms with E-state index in [1.807, 2.05) is 122 Å². The summed E-state index contributed by atoms with van der Waals surface area (Å²) < 4.78 is 67.0. The third-order valence-corrected chi connectivity index (χ3v) is 15.0. The zero-order valence-electron chi connectivity index (χ0n) is 45.4. The maximum atomic E-state index is 14.5. The van der Waals surface area contributed by atoms with Crippen molar-refractivity contribution in [2.24, 2.45) is 0 Å². The molecule has 10 rings (SSSR count). The van der Waals surface area contributed by atoms with Gasteiger partial charge in [0, 0.05) is 4.90 Å². The molecule has 0 bridgehead atoms. The SMILES string of the molecule is Cc1ccc(S[C@@H]2O[C@H](CO[C@@H]3O[C@H](COC(=O)c4ccccc4)[C@H](OC(=O)c4ccccc4)[C@H](OC(=O)c4ccccc4)[C@H]3OC(=O)c3ccccc3)[C@@H](OCc3ccccc3)[C@H](OCc3ccccc3)[C@H]2OCc2ccccc2)cc1. The van der Waals surface area contributed by atoms with Crippen molar-refractivity contribution in [2.75, 3.05) is 13.2 Å². The number of hydrogen-bond acceptors (Lipinski definition) is 15. The number of carbonyl (C=O) groups is 4. The Hall–Kier alpha value is -8.25. The molecular formula is C68H62O14S. The maximum Gasteiger partial charge on any atom is 0.338 e. The zero-order chi connectivity index (χ0) is 57.2. The predicted molar refractivity (Wildman–Crippen MR) is 309 cm³/mol. The van der Waals surface area contributed by atoms with E-state index in [1.54, 1.807) is 121 Å². The van der Waals surface area contributed by atoms with Gasteiger partial charge in [-0.25, -0.2) is 19.2 Å². The Bertz CT molecular complexity index is 3290. The van der Waals surface area contributed by atoms with Crippen LogP contribution in [0.1, 0.15) is 63.7 Å². The topological polar surface area (TPSA) is 161 Å². The molecule has 0 unspecified atom stereocenters. The summed E-state index contributed by atoms with van der Waals surface area (Å²) >= 11 is 1.45. The van der Waals surface area contributed by atoms with Gasteiger partial charge in [-0.05, 0) is 84.3 Å². The first kappa shape index (κ1) is 58.0. The highest BCUT2D eigenvalue weighted by Gasteiger charge is 2.55. The normalized spacial score (nSPS) is 22.1. The van der Waals surface area contributed by atoms with Gasteiger partial charge >= 0.3 is 23.9 Å². The van der Waals surface area contributed by atoms with Crippen LogP contribution in [0.4, 0.5) is 0 Å². The molecule has 2 heterocycles. The van der Waals surface area contributed by atoms with Crippen LogP contribution in [0.3, 0.4) is 0 Å². The van der Waals surface area contributed by atoms with Crippen molar-refractivity contribution >= 4 is 35.6 Å². The van der Waals surface area contributed by atoms with Crippen molar-refractivity contribution in [3.8, 4) is 0 Å². The molecular weight excluding hydrogens is 1070 g/mol. The second-order valence-corrected chi connectivity index (χ2v) is 21.0. The number of benzene rings is 8. The highest BCUT2D eigenvalue weighted by Crippen LogP contribution is 2.40. The Kier molecular flexibility index (Phi) is 20.3. The molecule has 2 aliphatic heterocycles. The minimum atomic E-state index is -1.66. The van der Waals surface area contributed by atoms with Crippen molar-refractivity contribution in [2.45, 2.75) is 92.2 Å². The van der Waals surface area contributed by atoms with Crippen molar-refractivity contribution in [3.05, 3.63) is 281 Å². The second kappa shape index (κ2) is 29.1. The molecule has 2 saturated heterocycles. The van der Waals surface area contributed by atoms with Crippen LogP contribution >= 0.6 is 11.8 Å². The largest absolute Gasteiger partial charge is 0.459 e. The first-order chi connectivity index (χ1) is 40.7. The second-order valence-electron chi connectivity index (χ2n) is 19.8. The van der Waals surface area contributed by atoms with Gasteiger partial charge in [0.1, 0.15) is 42.6 Å². The quantitative estimate of drug-likeness (QED) is 0.0439. The minimum Gasteiger partial charge on any atom is -0.459 e. The molecule has 2 fully saturated rings. The lowest BCUT2D eigenvalue weighted by Gasteiger charge is -2.47. The van der Waals surface area contributed by atoms with E-state index in [9.17, 15) is 19.2 Å². The van der Waals surface area contributed by atoms with E-state index in [-0.39, 0.29) is 48.7 Å². The molecule has 83 heavy (non-hydrogen) atoms. The number of rotatable bonds is 23. The van der Waals surface area contributed by atoms with Gasteiger partial charge in [0.05, 0.1) is 48.7 Å². The van der Waals surface area contributed by atoms with E-state index in [1.165, 1.54) is 11.8 Å². The molecule has 0 spiro atoms. The molecule has 0 aliphatic carbocycles. The lowest BCUT2D eigenvalue weighted by atomic mass is 9.97.